The Balaban J connectivity index is 2.64. The molecule has 1 N–H and O–H groups in total. The number of nitrogens with zero attached hydrogens (tertiary/aromatic N) is 1. The number of nitro benzene ring substituents is 1. The summed E-state index contributed by atoms with van der Waals surface area (Å²) in [6, 6.07) is 6.34. The molecule has 0 aromatic heterocycles. The largest absolute Gasteiger partial charge is 0.352 e. The fourth-order valence-corrected chi connectivity index (χ4v) is 1.84. The molecule has 0 aliphatic heterocycles. The van der Waals surface area contributed by atoms with Gasteiger partial charge in [0.1, 0.15) is 0 Å². The summed E-state index contributed by atoms with van der Waals surface area (Å²) in [6.07, 6.45) is 4.85. The van der Waals surface area contributed by atoms with Crippen LogP contribution in [0.4, 0.5) is 5.69 Å². The predicted octanol–water partition coefficient (Wildman–Crippen LogP) is 3.16. The number of para-hydroxylation sites is 1. The van der Waals surface area contributed by atoms with Gasteiger partial charge in [0.2, 0.25) is 5.91 Å². The number of benzene rings is 1. The third kappa shape index (κ3) is 4.84. The van der Waals surface area contributed by atoms with Crippen LogP contribution in [0.3, 0.4) is 0 Å². The van der Waals surface area contributed by atoms with Crippen LogP contribution < -0.4 is 5.32 Å². The van der Waals surface area contributed by atoms with Gasteiger partial charge in [0.05, 0.1) is 10.5 Å². The second-order valence-electron chi connectivity index (χ2n) is 4.58. The first kappa shape index (κ1) is 15.9. The molecule has 0 aliphatic carbocycles. The molecule has 1 aromatic rings. The van der Waals surface area contributed by atoms with E-state index in [-0.39, 0.29) is 11.6 Å². The molecule has 0 saturated heterocycles. The van der Waals surface area contributed by atoms with Crippen LogP contribution in [0.5, 0.6) is 0 Å². The van der Waals surface area contributed by atoms with Crippen molar-refractivity contribution in [3.05, 3.63) is 46.0 Å². The summed E-state index contributed by atoms with van der Waals surface area (Å²) < 4.78 is 0. The summed E-state index contributed by atoms with van der Waals surface area (Å²) in [5, 5.41) is 13.6. The topological polar surface area (TPSA) is 72.2 Å². The fourth-order valence-electron chi connectivity index (χ4n) is 1.84. The maximum atomic E-state index is 11.7. The molecule has 0 saturated carbocycles. The Hall–Kier alpha value is -2.17. The monoisotopic (exact) mass is 276 g/mol. The Kier molecular flexibility index (Phi) is 6.43. The Morgan fingerprint density at radius 1 is 1.35 bits per heavy atom. The van der Waals surface area contributed by atoms with Gasteiger partial charge in [0.15, 0.2) is 0 Å². The van der Waals surface area contributed by atoms with E-state index in [1.54, 1.807) is 18.2 Å². The van der Waals surface area contributed by atoms with Crippen molar-refractivity contribution < 1.29 is 9.72 Å². The first-order chi connectivity index (χ1) is 9.58. The highest BCUT2D eigenvalue weighted by Crippen LogP contribution is 2.18. The highest BCUT2D eigenvalue weighted by atomic mass is 16.6. The van der Waals surface area contributed by atoms with Crippen molar-refractivity contribution in [3.8, 4) is 0 Å². The summed E-state index contributed by atoms with van der Waals surface area (Å²) in [4.78, 5) is 22.0. The fraction of sp³-hybridized carbons (Fsp3) is 0.400. The number of amides is 1. The second kappa shape index (κ2) is 8.09. The predicted molar refractivity (Wildman–Crippen MR) is 79.2 cm³/mol. The number of carbonyl (C=O) groups excluding carboxylic acids is 1. The number of hydrogen-bond acceptors (Lipinski definition) is 3. The van der Waals surface area contributed by atoms with Gasteiger partial charge in [-0.3, -0.25) is 14.9 Å². The van der Waals surface area contributed by atoms with Gasteiger partial charge in [-0.2, -0.15) is 0 Å². The number of rotatable bonds is 7. The molecule has 0 spiro atoms. The summed E-state index contributed by atoms with van der Waals surface area (Å²) in [5.74, 6) is 0.244. The van der Waals surface area contributed by atoms with Gasteiger partial charge in [0, 0.05) is 18.7 Å². The Morgan fingerprint density at radius 3 is 2.60 bits per heavy atom. The van der Waals surface area contributed by atoms with E-state index < -0.39 is 4.92 Å². The second-order valence-corrected chi connectivity index (χ2v) is 4.58. The van der Waals surface area contributed by atoms with Crippen LogP contribution in [0.1, 0.15) is 32.3 Å². The average molecular weight is 276 g/mol. The molecule has 1 amide bonds. The van der Waals surface area contributed by atoms with Gasteiger partial charge in [-0.15, -0.1) is 0 Å². The summed E-state index contributed by atoms with van der Waals surface area (Å²) in [6.45, 7) is 4.81. The van der Waals surface area contributed by atoms with E-state index >= 15 is 0 Å². The normalized spacial score (nSPS) is 10.9. The highest BCUT2D eigenvalue weighted by molar-refractivity contribution is 5.92. The first-order valence-electron chi connectivity index (χ1n) is 6.77. The molecule has 1 aromatic carbocycles. The third-order valence-corrected chi connectivity index (χ3v) is 3.27. The molecule has 108 valence electrons. The Bertz CT molecular complexity index is 494. The molecule has 1 rings (SSSR count). The molecule has 20 heavy (non-hydrogen) atoms. The van der Waals surface area contributed by atoms with Crippen LogP contribution in [0.15, 0.2) is 30.3 Å². The van der Waals surface area contributed by atoms with E-state index in [1.165, 1.54) is 18.2 Å². The Morgan fingerprint density at radius 2 is 2.00 bits per heavy atom. The molecule has 0 heterocycles. The van der Waals surface area contributed by atoms with E-state index in [0.29, 0.717) is 18.0 Å². The van der Waals surface area contributed by atoms with Crippen LogP contribution in [-0.4, -0.2) is 17.4 Å². The van der Waals surface area contributed by atoms with E-state index in [2.05, 4.69) is 19.2 Å². The maximum absolute atomic E-state index is 11.7. The lowest BCUT2D eigenvalue weighted by atomic mass is 10.0. The van der Waals surface area contributed by atoms with Gasteiger partial charge in [-0.25, -0.2) is 0 Å². The van der Waals surface area contributed by atoms with Gasteiger partial charge in [0.25, 0.3) is 5.69 Å². The zero-order valence-electron chi connectivity index (χ0n) is 11.8. The van der Waals surface area contributed by atoms with Crippen molar-refractivity contribution in [2.24, 2.45) is 5.92 Å². The minimum absolute atomic E-state index is 0.00320. The van der Waals surface area contributed by atoms with Gasteiger partial charge in [-0.05, 0) is 18.1 Å². The quantitative estimate of drug-likeness (QED) is 0.472. The Labute approximate surface area is 118 Å². The molecule has 0 bridgehead atoms. The van der Waals surface area contributed by atoms with Crippen molar-refractivity contribution in [3.63, 3.8) is 0 Å². The molecule has 0 aliphatic rings. The smallest absolute Gasteiger partial charge is 0.276 e. The van der Waals surface area contributed by atoms with Gasteiger partial charge < -0.3 is 5.32 Å². The summed E-state index contributed by atoms with van der Waals surface area (Å²) in [7, 11) is 0. The zero-order chi connectivity index (χ0) is 15.0. The number of nitro groups is 1. The van der Waals surface area contributed by atoms with Crippen LogP contribution >= 0.6 is 0 Å². The summed E-state index contributed by atoms with van der Waals surface area (Å²) >= 11 is 0. The minimum atomic E-state index is -0.457. The molecule has 0 fully saturated rings. The molecule has 5 heteroatoms. The lowest BCUT2D eigenvalue weighted by Crippen LogP contribution is -2.27. The minimum Gasteiger partial charge on any atom is -0.352 e. The molecule has 5 nitrogen and oxygen atoms in total. The van der Waals surface area contributed by atoms with E-state index in [1.807, 2.05) is 0 Å². The zero-order valence-corrected chi connectivity index (χ0v) is 11.8. The average Bonchev–Trinajstić information content (AvgIpc) is 2.46. The lowest BCUT2D eigenvalue weighted by molar-refractivity contribution is -0.385. The standard InChI is InChI=1S/C15H20N2O3/c1-3-12(4-2)11-16-15(18)10-9-13-7-5-6-8-14(13)17(19)20/h5-10,12H,3-4,11H2,1-2H3,(H,16,18)/b10-9+. The number of nitrogens with one attached hydrogen (secondary N) is 1. The number of hydrogen-bond donors (Lipinski definition) is 1. The first-order valence-corrected chi connectivity index (χ1v) is 6.77. The maximum Gasteiger partial charge on any atom is 0.276 e. The summed E-state index contributed by atoms with van der Waals surface area (Å²) in [5.41, 5.74) is 0.423. The van der Waals surface area contributed by atoms with E-state index in [9.17, 15) is 14.9 Å². The van der Waals surface area contributed by atoms with E-state index in [4.69, 9.17) is 0 Å². The third-order valence-electron chi connectivity index (χ3n) is 3.27. The van der Waals surface area contributed by atoms with Crippen LogP contribution in [0.25, 0.3) is 6.08 Å². The molecule has 0 atom stereocenters. The van der Waals surface area contributed by atoms with Crippen molar-refractivity contribution in [2.45, 2.75) is 26.7 Å². The molecular formula is C15H20N2O3. The van der Waals surface area contributed by atoms with Gasteiger partial charge >= 0.3 is 0 Å². The lowest BCUT2D eigenvalue weighted by Gasteiger charge is -2.11. The molecule has 0 unspecified atom stereocenters. The van der Waals surface area contributed by atoms with Crippen LogP contribution in [-0.2, 0) is 4.79 Å². The van der Waals surface area contributed by atoms with E-state index in [0.717, 1.165) is 12.8 Å². The highest BCUT2D eigenvalue weighted by Gasteiger charge is 2.10. The van der Waals surface area contributed by atoms with Crippen molar-refractivity contribution in [1.82, 2.24) is 5.32 Å². The van der Waals surface area contributed by atoms with Crippen molar-refractivity contribution in [2.75, 3.05) is 6.54 Å². The van der Waals surface area contributed by atoms with Gasteiger partial charge in [-0.1, -0.05) is 38.8 Å². The molecule has 0 radical (unpaired) electrons. The van der Waals surface area contributed by atoms with Crippen LogP contribution in [0, 0.1) is 16.0 Å². The number of carbonyl (C=O) groups is 1. The van der Waals surface area contributed by atoms with Crippen molar-refractivity contribution >= 4 is 17.7 Å². The molecular weight excluding hydrogens is 256 g/mol. The van der Waals surface area contributed by atoms with Crippen LogP contribution in [0.2, 0.25) is 0 Å². The SMILES string of the molecule is CCC(CC)CNC(=O)/C=C/c1ccccc1[N+](=O)[O-]. The van der Waals surface area contributed by atoms with Crippen molar-refractivity contribution in [1.29, 1.82) is 0 Å².